The van der Waals surface area contributed by atoms with Crippen molar-refractivity contribution in [3.05, 3.63) is 87.6 Å². The Balaban J connectivity index is 1.72. The molecule has 0 radical (unpaired) electrons. The summed E-state index contributed by atoms with van der Waals surface area (Å²) in [6.45, 7) is 2.09. The molecule has 0 spiro atoms. The molecule has 1 atom stereocenters. The van der Waals surface area contributed by atoms with Gasteiger partial charge in [0.25, 0.3) is 5.91 Å². The fourth-order valence-electron chi connectivity index (χ4n) is 3.11. The number of carbonyl (C=O) groups excluding carboxylic acids is 1. The molecule has 0 bridgehead atoms. The van der Waals surface area contributed by atoms with Crippen LogP contribution in [-0.4, -0.2) is 12.5 Å². The summed E-state index contributed by atoms with van der Waals surface area (Å²) in [5, 5.41) is 6.21. The van der Waals surface area contributed by atoms with Gasteiger partial charge in [-0.05, 0) is 35.6 Å². The minimum atomic E-state index is -4.52. The van der Waals surface area contributed by atoms with Gasteiger partial charge in [-0.3, -0.25) is 4.79 Å². The SMILES string of the molecule is CCc1ccc([C@@H]([NH2+]CC(=O)Nc2ccccc2C(F)(F)F)c2cccs2)cc1. The van der Waals surface area contributed by atoms with Gasteiger partial charge < -0.3 is 10.6 Å². The maximum Gasteiger partial charge on any atom is 0.418 e. The number of aryl methyl sites for hydroxylation is 1. The normalized spacial score (nSPS) is 12.6. The molecular formula is C22H22F3N2OS+. The molecule has 0 aliphatic rings. The van der Waals surface area contributed by atoms with E-state index in [1.807, 2.05) is 35.0 Å². The maximum absolute atomic E-state index is 13.1. The van der Waals surface area contributed by atoms with Gasteiger partial charge in [0, 0.05) is 5.56 Å². The minimum absolute atomic E-state index is 0.00425. The molecule has 0 aliphatic heterocycles. The van der Waals surface area contributed by atoms with Gasteiger partial charge in [-0.2, -0.15) is 13.2 Å². The topological polar surface area (TPSA) is 45.7 Å². The van der Waals surface area contributed by atoms with Crippen LogP contribution in [-0.2, 0) is 17.4 Å². The second-order valence-electron chi connectivity index (χ2n) is 6.62. The number of nitrogens with one attached hydrogen (secondary N) is 1. The predicted molar refractivity (Wildman–Crippen MR) is 109 cm³/mol. The lowest BCUT2D eigenvalue weighted by molar-refractivity contribution is -0.675. The molecule has 0 aliphatic carbocycles. The van der Waals surface area contributed by atoms with Crippen molar-refractivity contribution in [2.75, 3.05) is 11.9 Å². The third kappa shape index (κ3) is 5.46. The third-order valence-electron chi connectivity index (χ3n) is 4.64. The molecule has 3 aromatic rings. The summed E-state index contributed by atoms with van der Waals surface area (Å²) < 4.78 is 39.4. The average molecular weight is 419 g/mol. The van der Waals surface area contributed by atoms with Crippen LogP contribution in [0.1, 0.15) is 34.5 Å². The van der Waals surface area contributed by atoms with Gasteiger partial charge >= 0.3 is 6.18 Å². The zero-order valence-corrected chi connectivity index (χ0v) is 16.7. The fraction of sp³-hybridized carbons (Fsp3) is 0.227. The number of hydrogen-bond acceptors (Lipinski definition) is 2. The Hall–Kier alpha value is -2.64. The summed E-state index contributed by atoms with van der Waals surface area (Å²) in [7, 11) is 0. The van der Waals surface area contributed by atoms with Crippen molar-refractivity contribution in [3.63, 3.8) is 0 Å². The first-order valence-electron chi connectivity index (χ1n) is 9.30. The highest BCUT2D eigenvalue weighted by molar-refractivity contribution is 7.10. The lowest BCUT2D eigenvalue weighted by Crippen LogP contribution is -2.87. The largest absolute Gasteiger partial charge is 0.418 e. The predicted octanol–water partition coefficient (Wildman–Crippen LogP) is 4.62. The molecule has 0 unspecified atom stereocenters. The maximum atomic E-state index is 13.1. The highest BCUT2D eigenvalue weighted by Crippen LogP contribution is 2.34. The molecule has 3 nitrogen and oxygen atoms in total. The van der Waals surface area contributed by atoms with Crippen molar-refractivity contribution in [1.29, 1.82) is 0 Å². The number of carbonyl (C=O) groups is 1. The van der Waals surface area contributed by atoms with E-state index in [-0.39, 0.29) is 18.3 Å². The number of benzene rings is 2. The van der Waals surface area contributed by atoms with Crippen LogP contribution in [0, 0.1) is 0 Å². The van der Waals surface area contributed by atoms with Crippen LogP contribution in [0.3, 0.4) is 0 Å². The Labute approximate surface area is 171 Å². The molecule has 0 fully saturated rings. The Morgan fingerprint density at radius 2 is 1.79 bits per heavy atom. The van der Waals surface area contributed by atoms with Crippen molar-refractivity contribution in [1.82, 2.24) is 0 Å². The van der Waals surface area contributed by atoms with Crippen LogP contribution in [0.5, 0.6) is 0 Å². The second kappa shape index (κ2) is 9.24. The lowest BCUT2D eigenvalue weighted by Gasteiger charge is -2.16. The van der Waals surface area contributed by atoms with E-state index in [2.05, 4.69) is 24.4 Å². The Kier molecular flexibility index (Phi) is 6.71. The number of para-hydroxylation sites is 1. The van der Waals surface area contributed by atoms with E-state index in [0.29, 0.717) is 0 Å². The van der Waals surface area contributed by atoms with Gasteiger partial charge in [-0.1, -0.05) is 49.4 Å². The van der Waals surface area contributed by atoms with Crippen LogP contribution >= 0.6 is 11.3 Å². The van der Waals surface area contributed by atoms with E-state index >= 15 is 0 Å². The smallest absolute Gasteiger partial charge is 0.328 e. The van der Waals surface area contributed by atoms with Crippen LogP contribution in [0.15, 0.2) is 66.0 Å². The van der Waals surface area contributed by atoms with Gasteiger partial charge in [0.15, 0.2) is 6.54 Å². The molecule has 0 saturated heterocycles. The van der Waals surface area contributed by atoms with Crippen molar-refractivity contribution in [2.45, 2.75) is 25.6 Å². The van der Waals surface area contributed by atoms with E-state index in [0.717, 1.165) is 22.9 Å². The van der Waals surface area contributed by atoms with Crippen LogP contribution in [0.25, 0.3) is 0 Å². The first-order chi connectivity index (χ1) is 13.9. The van der Waals surface area contributed by atoms with Gasteiger partial charge in [0.05, 0.1) is 16.1 Å². The minimum Gasteiger partial charge on any atom is -0.328 e. The summed E-state index contributed by atoms with van der Waals surface area (Å²) in [6.07, 6.45) is -3.58. The molecule has 1 aromatic heterocycles. The van der Waals surface area contributed by atoms with Gasteiger partial charge in [-0.15, -0.1) is 11.3 Å². The second-order valence-corrected chi connectivity index (χ2v) is 7.60. The molecule has 1 heterocycles. The molecule has 29 heavy (non-hydrogen) atoms. The summed E-state index contributed by atoms with van der Waals surface area (Å²) in [5.74, 6) is -0.478. The Morgan fingerprint density at radius 1 is 1.07 bits per heavy atom. The standard InChI is InChI=1S/C22H21F3N2OS/c1-2-15-9-11-16(12-10-15)21(19-8-5-13-29-19)26-14-20(28)27-18-7-4-3-6-17(18)22(23,24)25/h3-13,21,26H,2,14H2,1H3,(H,27,28)/p+1/t21-/m1/s1. The highest BCUT2D eigenvalue weighted by Gasteiger charge is 2.33. The summed E-state index contributed by atoms with van der Waals surface area (Å²) in [4.78, 5) is 13.5. The highest BCUT2D eigenvalue weighted by atomic mass is 32.1. The monoisotopic (exact) mass is 419 g/mol. The molecule has 0 saturated carbocycles. The number of alkyl halides is 3. The van der Waals surface area contributed by atoms with Crippen molar-refractivity contribution in [2.24, 2.45) is 0 Å². The number of quaternary nitrogens is 1. The number of anilines is 1. The van der Waals surface area contributed by atoms with Gasteiger partial charge in [0.1, 0.15) is 6.04 Å². The lowest BCUT2D eigenvalue weighted by atomic mass is 10.0. The van der Waals surface area contributed by atoms with Gasteiger partial charge in [-0.25, -0.2) is 0 Å². The van der Waals surface area contributed by atoms with Crippen molar-refractivity contribution < 1.29 is 23.3 Å². The summed E-state index contributed by atoms with van der Waals surface area (Å²) in [6, 6.07) is 17.0. The summed E-state index contributed by atoms with van der Waals surface area (Å²) in [5.41, 5.74) is 1.20. The first-order valence-corrected chi connectivity index (χ1v) is 10.2. The fourth-order valence-corrected chi connectivity index (χ4v) is 3.96. The number of halogens is 3. The molecule has 3 rings (SSSR count). The molecule has 7 heteroatoms. The van der Waals surface area contributed by atoms with E-state index in [1.54, 1.807) is 11.3 Å². The zero-order valence-electron chi connectivity index (χ0n) is 15.9. The number of thiophene rings is 1. The number of nitrogens with two attached hydrogens (primary N) is 1. The van der Waals surface area contributed by atoms with Crippen molar-refractivity contribution in [3.8, 4) is 0 Å². The number of rotatable bonds is 7. The number of amides is 1. The Bertz CT molecular complexity index is 937. The third-order valence-corrected chi connectivity index (χ3v) is 5.60. The van der Waals surface area contributed by atoms with E-state index < -0.39 is 17.6 Å². The van der Waals surface area contributed by atoms with E-state index in [1.165, 1.54) is 23.8 Å². The first kappa shape index (κ1) is 21.1. The number of hydrogen-bond donors (Lipinski definition) is 2. The van der Waals surface area contributed by atoms with Gasteiger partial charge in [0.2, 0.25) is 0 Å². The van der Waals surface area contributed by atoms with Crippen LogP contribution in [0.4, 0.5) is 18.9 Å². The molecule has 3 N–H and O–H groups in total. The quantitative estimate of drug-likeness (QED) is 0.577. The molecular weight excluding hydrogens is 397 g/mol. The summed E-state index contributed by atoms with van der Waals surface area (Å²) >= 11 is 1.59. The van der Waals surface area contributed by atoms with Crippen LogP contribution < -0.4 is 10.6 Å². The van der Waals surface area contributed by atoms with E-state index in [9.17, 15) is 18.0 Å². The zero-order chi connectivity index (χ0) is 20.9. The molecule has 2 aromatic carbocycles. The molecule has 1 amide bonds. The Morgan fingerprint density at radius 3 is 2.41 bits per heavy atom. The van der Waals surface area contributed by atoms with Crippen molar-refractivity contribution >= 4 is 22.9 Å². The average Bonchev–Trinajstić information content (AvgIpc) is 3.23. The van der Waals surface area contributed by atoms with E-state index in [4.69, 9.17) is 0 Å². The van der Waals surface area contributed by atoms with Crippen LogP contribution in [0.2, 0.25) is 0 Å². The molecule has 152 valence electrons.